The molecule has 0 atom stereocenters. The Morgan fingerprint density at radius 2 is 1.84 bits per heavy atom. The van der Waals surface area contributed by atoms with Crippen LogP contribution in [0.25, 0.3) is 0 Å². The third-order valence-electron chi connectivity index (χ3n) is 5.02. The van der Waals surface area contributed by atoms with Gasteiger partial charge in [0.2, 0.25) is 5.91 Å². The van der Waals surface area contributed by atoms with Gasteiger partial charge in [0.25, 0.3) is 0 Å². The van der Waals surface area contributed by atoms with Crippen LogP contribution in [0.3, 0.4) is 0 Å². The molecule has 0 radical (unpaired) electrons. The van der Waals surface area contributed by atoms with Crippen LogP contribution in [0, 0.1) is 0 Å². The van der Waals surface area contributed by atoms with Crippen LogP contribution in [0.1, 0.15) is 31.2 Å². The summed E-state index contributed by atoms with van der Waals surface area (Å²) in [5.74, 6) is 0.799. The maximum absolute atomic E-state index is 12.3. The summed E-state index contributed by atoms with van der Waals surface area (Å²) in [6.45, 7) is 3.32. The van der Waals surface area contributed by atoms with E-state index in [9.17, 15) is 4.79 Å². The molecule has 2 aliphatic rings. The number of ether oxygens (including phenoxy) is 4. The zero-order chi connectivity index (χ0) is 17.5. The van der Waals surface area contributed by atoms with Crippen LogP contribution in [0.4, 0.5) is 0 Å². The molecule has 2 heterocycles. The Labute approximate surface area is 148 Å². The van der Waals surface area contributed by atoms with E-state index in [1.165, 1.54) is 5.56 Å². The van der Waals surface area contributed by atoms with Crippen LogP contribution >= 0.6 is 0 Å². The molecule has 0 spiro atoms. The molecule has 0 saturated carbocycles. The lowest BCUT2D eigenvalue weighted by Gasteiger charge is -2.38. The van der Waals surface area contributed by atoms with Crippen LogP contribution in [0.15, 0.2) is 24.3 Å². The predicted molar refractivity (Wildman–Crippen MR) is 92.7 cm³/mol. The predicted octanol–water partition coefficient (Wildman–Crippen LogP) is 2.01. The molecule has 2 fully saturated rings. The van der Waals surface area contributed by atoms with E-state index in [0.29, 0.717) is 33.0 Å². The Morgan fingerprint density at radius 1 is 1.16 bits per heavy atom. The van der Waals surface area contributed by atoms with Gasteiger partial charge in [0.15, 0.2) is 6.29 Å². The number of carbonyl (C=O) groups is 1. The lowest BCUT2D eigenvalue weighted by Crippen LogP contribution is -2.45. The number of benzene rings is 1. The van der Waals surface area contributed by atoms with Crippen molar-refractivity contribution in [1.82, 2.24) is 5.32 Å². The zero-order valence-corrected chi connectivity index (χ0v) is 14.8. The van der Waals surface area contributed by atoms with Crippen molar-refractivity contribution in [1.29, 1.82) is 0 Å². The van der Waals surface area contributed by atoms with Gasteiger partial charge in [0, 0.05) is 25.2 Å². The van der Waals surface area contributed by atoms with Gasteiger partial charge in [-0.2, -0.15) is 0 Å². The number of hydrogen-bond acceptors (Lipinski definition) is 5. The molecule has 3 rings (SSSR count). The molecular formula is C19H27NO5. The molecule has 25 heavy (non-hydrogen) atoms. The molecule has 2 saturated heterocycles. The molecule has 6 nitrogen and oxygen atoms in total. The van der Waals surface area contributed by atoms with Gasteiger partial charge in [-0.15, -0.1) is 0 Å². The second-order valence-corrected chi connectivity index (χ2v) is 6.63. The molecular weight excluding hydrogens is 322 g/mol. The largest absolute Gasteiger partial charge is 0.497 e. The smallest absolute Gasteiger partial charge is 0.225 e. The number of methoxy groups -OCH3 is 1. The normalized spacial score (nSPS) is 20.8. The minimum atomic E-state index is -0.416. The highest BCUT2D eigenvalue weighted by Crippen LogP contribution is 2.35. The van der Waals surface area contributed by atoms with E-state index in [0.717, 1.165) is 25.0 Å². The molecule has 6 heteroatoms. The second-order valence-electron chi connectivity index (χ2n) is 6.63. The summed E-state index contributed by atoms with van der Waals surface area (Å²) < 4.78 is 21.7. The minimum absolute atomic E-state index is 0.0359. The van der Waals surface area contributed by atoms with Gasteiger partial charge < -0.3 is 24.3 Å². The van der Waals surface area contributed by atoms with Crippen molar-refractivity contribution in [3.05, 3.63) is 29.8 Å². The molecule has 138 valence electrons. The quantitative estimate of drug-likeness (QED) is 0.851. The van der Waals surface area contributed by atoms with E-state index < -0.39 is 6.29 Å². The van der Waals surface area contributed by atoms with Gasteiger partial charge in [-0.1, -0.05) is 12.1 Å². The molecule has 0 aliphatic carbocycles. The van der Waals surface area contributed by atoms with Crippen molar-refractivity contribution in [2.24, 2.45) is 0 Å². The first-order valence-corrected chi connectivity index (χ1v) is 8.94. The maximum Gasteiger partial charge on any atom is 0.225 e. The first-order valence-electron chi connectivity index (χ1n) is 8.94. The van der Waals surface area contributed by atoms with Crippen molar-refractivity contribution < 1.29 is 23.7 Å². The Kier molecular flexibility index (Phi) is 6.29. The molecule has 1 aromatic carbocycles. The van der Waals surface area contributed by atoms with Gasteiger partial charge >= 0.3 is 0 Å². The highest BCUT2D eigenvalue weighted by atomic mass is 16.7. The second kappa shape index (κ2) is 8.65. The van der Waals surface area contributed by atoms with Crippen LogP contribution in [-0.4, -0.2) is 52.3 Å². The fourth-order valence-corrected chi connectivity index (χ4v) is 3.42. The van der Waals surface area contributed by atoms with Gasteiger partial charge in [-0.05, 0) is 37.0 Å². The van der Waals surface area contributed by atoms with Crippen LogP contribution in [0.2, 0.25) is 0 Å². The molecule has 1 aromatic rings. The third kappa shape index (κ3) is 4.71. The first kappa shape index (κ1) is 18.2. The highest BCUT2D eigenvalue weighted by Gasteiger charge is 2.35. The van der Waals surface area contributed by atoms with Crippen molar-refractivity contribution in [3.63, 3.8) is 0 Å². The number of amides is 1. The van der Waals surface area contributed by atoms with E-state index in [1.807, 2.05) is 12.1 Å². The van der Waals surface area contributed by atoms with E-state index in [1.54, 1.807) is 7.11 Å². The van der Waals surface area contributed by atoms with E-state index in [-0.39, 0.29) is 17.7 Å². The van der Waals surface area contributed by atoms with Crippen LogP contribution < -0.4 is 10.1 Å². The Bertz CT molecular complexity index is 547. The SMILES string of the molecule is COc1ccc(C2(CNC(=O)CC3OCCCO3)CCOCC2)cc1. The van der Waals surface area contributed by atoms with Gasteiger partial charge in [0.05, 0.1) is 26.7 Å². The molecule has 1 N–H and O–H groups in total. The van der Waals surface area contributed by atoms with Gasteiger partial charge in [-0.3, -0.25) is 4.79 Å². The van der Waals surface area contributed by atoms with Crippen LogP contribution in [-0.2, 0) is 24.4 Å². The fourth-order valence-electron chi connectivity index (χ4n) is 3.42. The van der Waals surface area contributed by atoms with Crippen LogP contribution in [0.5, 0.6) is 5.75 Å². The summed E-state index contributed by atoms with van der Waals surface area (Å²) in [7, 11) is 1.66. The van der Waals surface area contributed by atoms with Crippen molar-refractivity contribution >= 4 is 5.91 Å². The summed E-state index contributed by atoms with van der Waals surface area (Å²) >= 11 is 0. The number of rotatable bonds is 6. The fraction of sp³-hybridized carbons (Fsp3) is 0.632. The van der Waals surface area contributed by atoms with E-state index in [4.69, 9.17) is 18.9 Å². The summed E-state index contributed by atoms with van der Waals surface area (Å²) in [6.07, 6.45) is 2.49. The Hall–Kier alpha value is -1.63. The van der Waals surface area contributed by atoms with Crippen molar-refractivity contribution in [2.75, 3.05) is 40.1 Å². The summed E-state index contributed by atoms with van der Waals surface area (Å²) in [4.78, 5) is 12.3. The maximum atomic E-state index is 12.3. The number of carbonyl (C=O) groups excluding carboxylic acids is 1. The summed E-state index contributed by atoms with van der Waals surface area (Å²) in [6, 6.07) is 8.11. The molecule has 0 aromatic heterocycles. The number of hydrogen-bond donors (Lipinski definition) is 1. The minimum Gasteiger partial charge on any atom is -0.497 e. The molecule has 2 aliphatic heterocycles. The zero-order valence-electron chi connectivity index (χ0n) is 14.8. The van der Waals surface area contributed by atoms with Gasteiger partial charge in [-0.25, -0.2) is 0 Å². The Morgan fingerprint density at radius 3 is 2.48 bits per heavy atom. The van der Waals surface area contributed by atoms with Crippen molar-refractivity contribution in [2.45, 2.75) is 37.4 Å². The lowest BCUT2D eigenvalue weighted by atomic mass is 9.74. The lowest BCUT2D eigenvalue weighted by molar-refractivity contribution is -0.184. The monoisotopic (exact) mass is 349 g/mol. The first-order chi connectivity index (χ1) is 12.2. The average molecular weight is 349 g/mol. The third-order valence-corrected chi connectivity index (χ3v) is 5.02. The van der Waals surface area contributed by atoms with Crippen molar-refractivity contribution in [3.8, 4) is 5.75 Å². The average Bonchev–Trinajstić information content (AvgIpc) is 2.68. The topological polar surface area (TPSA) is 66.0 Å². The molecule has 0 bridgehead atoms. The summed E-state index contributed by atoms with van der Waals surface area (Å²) in [5, 5.41) is 3.08. The number of nitrogens with one attached hydrogen (secondary N) is 1. The highest BCUT2D eigenvalue weighted by molar-refractivity contribution is 5.76. The standard InChI is InChI=1S/C19H27NO5/c1-22-16-5-3-15(4-6-16)19(7-11-23-12-8-19)14-20-17(21)13-18-24-9-2-10-25-18/h3-6,18H,2,7-14H2,1H3,(H,20,21). The molecule has 0 unspecified atom stereocenters. The summed E-state index contributed by atoms with van der Waals surface area (Å²) in [5.41, 5.74) is 1.11. The van der Waals surface area contributed by atoms with E-state index >= 15 is 0 Å². The molecule has 1 amide bonds. The van der Waals surface area contributed by atoms with E-state index in [2.05, 4.69) is 17.4 Å². The Balaban J connectivity index is 1.62. The van der Waals surface area contributed by atoms with Gasteiger partial charge in [0.1, 0.15) is 5.75 Å².